The number of likely N-dealkylation sites (tertiary alicyclic amines) is 1. The lowest BCUT2D eigenvalue weighted by Crippen LogP contribution is -2.58. The standard InChI is InChI=1S/C15H28N2/c1-13(2)12-14(16-3)15(8-4-5-9-15)17-10-6-7-11-17/h14,16H,1,4-12H2,2-3H3. The molecule has 1 unspecified atom stereocenters. The van der Waals surface area contributed by atoms with Crippen LogP contribution in [-0.4, -0.2) is 36.6 Å². The molecule has 2 heteroatoms. The van der Waals surface area contributed by atoms with Crippen molar-refractivity contribution in [2.75, 3.05) is 20.1 Å². The minimum atomic E-state index is 0.435. The Morgan fingerprint density at radius 1 is 1.24 bits per heavy atom. The maximum Gasteiger partial charge on any atom is 0.0365 e. The van der Waals surface area contributed by atoms with Gasteiger partial charge in [0, 0.05) is 11.6 Å². The fourth-order valence-corrected chi connectivity index (χ4v) is 3.94. The van der Waals surface area contributed by atoms with Crippen LogP contribution in [0.15, 0.2) is 12.2 Å². The molecule has 2 rings (SSSR count). The summed E-state index contributed by atoms with van der Waals surface area (Å²) in [5.41, 5.74) is 1.75. The lowest BCUT2D eigenvalue weighted by molar-refractivity contribution is 0.0798. The third-order valence-electron chi connectivity index (χ3n) is 4.75. The third kappa shape index (κ3) is 2.58. The van der Waals surface area contributed by atoms with E-state index < -0.39 is 0 Å². The van der Waals surface area contributed by atoms with Crippen molar-refractivity contribution < 1.29 is 0 Å². The fraction of sp³-hybridized carbons (Fsp3) is 0.867. The van der Waals surface area contributed by atoms with E-state index in [9.17, 15) is 0 Å². The van der Waals surface area contributed by atoms with Gasteiger partial charge in [-0.15, -0.1) is 6.58 Å². The highest BCUT2D eigenvalue weighted by Gasteiger charge is 2.45. The molecule has 1 saturated heterocycles. The van der Waals surface area contributed by atoms with Crippen LogP contribution in [0.5, 0.6) is 0 Å². The normalized spacial score (nSPS) is 26.2. The Kier molecular flexibility index (Phi) is 4.26. The van der Waals surface area contributed by atoms with Crippen LogP contribution in [0.2, 0.25) is 0 Å². The average Bonchev–Trinajstić information content (AvgIpc) is 2.95. The number of nitrogens with one attached hydrogen (secondary N) is 1. The van der Waals surface area contributed by atoms with Gasteiger partial charge in [-0.2, -0.15) is 0 Å². The SMILES string of the molecule is C=C(C)CC(NC)C1(N2CCCC2)CCCC1. The van der Waals surface area contributed by atoms with Gasteiger partial charge in [0.25, 0.3) is 0 Å². The summed E-state index contributed by atoms with van der Waals surface area (Å²) in [6.07, 6.45) is 9.50. The van der Waals surface area contributed by atoms with Gasteiger partial charge in [0.05, 0.1) is 0 Å². The van der Waals surface area contributed by atoms with E-state index in [0.717, 1.165) is 6.42 Å². The number of rotatable bonds is 5. The molecule has 1 atom stereocenters. The highest BCUT2D eigenvalue weighted by Crippen LogP contribution is 2.41. The Labute approximate surface area is 106 Å². The van der Waals surface area contributed by atoms with Gasteiger partial charge in [0.15, 0.2) is 0 Å². The van der Waals surface area contributed by atoms with Crippen molar-refractivity contribution in [1.29, 1.82) is 0 Å². The second kappa shape index (κ2) is 5.53. The summed E-state index contributed by atoms with van der Waals surface area (Å²) in [6, 6.07) is 0.598. The number of hydrogen-bond donors (Lipinski definition) is 1. The smallest absolute Gasteiger partial charge is 0.0365 e. The molecule has 0 aromatic carbocycles. The average molecular weight is 236 g/mol. The summed E-state index contributed by atoms with van der Waals surface area (Å²) in [5, 5.41) is 3.59. The second-order valence-corrected chi connectivity index (χ2v) is 6.01. The molecule has 2 nitrogen and oxygen atoms in total. The first-order valence-corrected chi connectivity index (χ1v) is 7.26. The molecule has 1 aliphatic heterocycles. The highest BCUT2D eigenvalue weighted by molar-refractivity contribution is 5.08. The van der Waals surface area contributed by atoms with Crippen molar-refractivity contribution in [2.45, 2.75) is 63.5 Å². The van der Waals surface area contributed by atoms with Gasteiger partial charge >= 0.3 is 0 Å². The Morgan fingerprint density at radius 3 is 2.29 bits per heavy atom. The molecule has 0 radical (unpaired) electrons. The van der Waals surface area contributed by atoms with E-state index in [2.05, 4.69) is 30.8 Å². The summed E-state index contributed by atoms with van der Waals surface area (Å²) < 4.78 is 0. The van der Waals surface area contributed by atoms with E-state index in [4.69, 9.17) is 0 Å². The summed E-state index contributed by atoms with van der Waals surface area (Å²) in [6.45, 7) is 8.90. The molecular weight excluding hydrogens is 208 g/mol. The molecule has 1 heterocycles. The summed E-state index contributed by atoms with van der Waals surface area (Å²) in [4.78, 5) is 2.78. The summed E-state index contributed by atoms with van der Waals surface area (Å²) in [5.74, 6) is 0. The zero-order valence-corrected chi connectivity index (χ0v) is 11.6. The summed E-state index contributed by atoms with van der Waals surface area (Å²) in [7, 11) is 2.13. The van der Waals surface area contributed by atoms with E-state index in [1.165, 1.54) is 57.2 Å². The van der Waals surface area contributed by atoms with Gasteiger partial charge in [-0.05, 0) is 59.2 Å². The molecule has 2 fully saturated rings. The lowest BCUT2D eigenvalue weighted by Gasteiger charge is -2.45. The van der Waals surface area contributed by atoms with Gasteiger partial charge < -0.3 is 5.32 Å². The zero-order chi connectivity index (χ0) is 12.3. The maximum absolute atomic E-state index is 4.11. The molecule has 1 N–H and O–H groups in total. The van der Waals surface area contributed by atoms with Crippen LogP contribution in [0.1, 0.15) is 51.9 Å². The Bertz CT molecular complexity index is 260. The molecule has 0 amide bonds. The fourth-order valence-electron chi connectivity index (χ4n) is 3.94. The van der Waals surface area contributed by atoms with Crippen LogP contribution in [0.3, 0.4) is 0 Å². The van der Waals surface area contributed by atoms with Crippen molar-refractivity contribution in [2.24, 2.45) is 0 Å². The Balaban J connectivity index is 2.15. The molecule has 0 spiro atoms. The van der Waals surface area contributed by atoms with Gasteiger partial charge in [-0.25, -0.2) is 0 Å². The first-order valence-electron chi connectivity index (χ1n) is 7.26. The molecule has 0 aromatic rings. The Morgan fingerprint density at radius 2 is 1.82 bits per heavy atom. The molecular formula is C15H28N2. The van der Waals surface area contributed by atoms with Gasteiger partial charge in [0.2, 0.25) is 0 Å². The third-order valence-corrected chi connectivity index (χ3v) is 4.75. The van der Waals surface area contributed by atoms with Crippen LogP contribution in [0.4, 0.5) is 0 Å². The largest absolute Gasteiger partial charge is 0.315 e. The lowest BCUT2D eigenvalue weighted by atomic mass is 9.83. The highest BCUT2D eigenvalue weighted by atomic mass is 15.2. The van der Waals surface area contributed by atoms with E-state index in [1.807, 2.05) is 0 Å². The van der Waals surface area contributed by atoms with Crippen molar-refractivity contribution in [1.82, 2.24) is 10.2 Å². The quantitative estimate of drug-likeness (QED) is 0.738. The number of nitrogens with zero attached hydrogens (tertiary/aromatic N) is 1. The minimum absolute atomic E-state index is 0.435. The monoisotopic (exact) mass is 236 g/mol. The maximum atomic E-state index is 4.11. The predicted octanol–water partition coefficient (Wildman–Crippen LogP) is 2.95. The molecule has 0 bridgehead atoms. The number of hydrogen-bond acceptors (Lipinski definition) is 2. The minimum Gasteiger partial charge on any atom is -0.315 e. The van der Waals surface area contributed by atoms with E-state index in [-0.39, 0.29) is 0 Å². The van der Waals surface area contributed by atoms with Gasteiger partial charge in [0.1, 0.15) is 0 Å². The van der Waals surface area contributed by atoms with Crippen LogP contribution in [0, 0.1) is 0 Å². The molecule has 17 heavy (non-hydrogen) atoms. The van der Waals surface area contributed by atoms with E-state index >= 15 is 0 Å². The number of likely N-dealkylation sites (N-methyl/N-ethyl adjacent to an activating group) is 1. The van der Waals surface area contributed by atoms with Crippen LogP contribution in [-0.2, 0) is 0 Å². The molecule has 2 aliphatic rings. The Hall–Kier alpha value is -0.340. The van der Waals surface area contributed by atoms with Crippen molar-refractivity contribution >= 4 is 0 Å². The topological polar surface area (TPSA) is 15.3 Å². The molecule has 1 aliphatic carbocycles. The van der Waals surface area contributed by atoms with Crippen molar-refractivity contribution in [3.05, 3.63) is 12.2 Å². The van der Waals surface area contributed by atoms with Crippen LogP contribution in [0.25, 0.3) is 0 Å². The first kappa shape index (κ1) is 13.1. The van der Waals surface area contributed by atoms with Crippen molar-refractivity contribution in [3.8, 4) is 0 Å². The summed E-state index contributed by atoms with van der Waals surface area (Å²) >= 11 is 0. The van der Waals surface area contributed by atoms with Crippen molar-refractivity contribution in [3.63, 3.8) is 0 Å². The second-order valence-electron chi connectivity index (χ2n) is 6.01. The van der Waals surface area contributed by atoms with Crippen LogP contribution >= 0.6 is 0 Å². The van der Waals surface area contributed by atoms with Crippen LogP contribution < -0.4 is 5.32 Å². The molecule has 1 saturated carbocycles. The predicted molar refractivity (Wildman–Crippen MR) is 74.3 cm³/mol. The van der Waals surface area contributed by atoms with Gasteiger partial charge in [-0.3, -0.25) is 4.90 Å². The molecule has 0 aromatic heterocycles. The zero-order valence-electron chi connectivity index (χ0n) is 11.6. The first-order chi connectivity index (χ1) is 8.19. The van der Waals surface area contributed by atoms with Gasteiger partial charge in [-0.1, -0.05) is 18.4 Å². The van der Waals surface area contributed by atoms with E-state index in [1.54, 1.807) is 0 Å². The molecule has 98 valence electrons. The van der Waals surface area contributed by atoms with E-state index in [0.29, 0.717) is 11.6 Å².